The van der Waals surface area contributed by atoms with Crippen LogP contribution in [0.15, 0.2) is 0 Å². The summed E-state index contributed by atoms with van der Waals surface area (Å²) >= 11 is 0. The van der Waals surface area contributed by atoms with Gasteiger partial charge in [0.05, 0.1) is 19.5 Å². The van der Waals surface area contributed by atoms with Crippen LogP contribution in [-0.4, -0.2) is 43.3 Å². The minimum absolute atomic E-state index is 0.00524. The molecule has 0 N–H and O–H groups in total. The molecule has 0 aromatic carbocycles. The second kappa shape index (κ2) is 3.17. The smallest absolute Gasteiger partial charge is 0.230 e. The van der Waals surface area contributed by atoms with Crippen LogP contribution in [0.25, 0.3) is 0 Å². The Bertz CT molecular complexity index is 385. The van der Waals surface area contributed by atoms with Gasteiger partial charge in [0.1, 0.15) is 0 Å². The lowest BCUT2D eigenvalue weighted by Crippen LogP contribution is -2.26. The van der Waals surface area contributed by atoms with Gasteiger partial charge in [-0.25, -0.2) is 4.68 Å². The molecule has 0 aliphatic carbocycles. The number of Topliss-reactive ketones (excluding diaryl/α,β-unsaturated/α-hetero) is 1. The van der Waals surface area contributed by atoms with Crippen LogP contribution in [-0.2, 0) is 23.2 Å². The summed E-state index contributed by atoms with van der Waals surface area (Å²) in [6.07, 6.45) is 0.00524. The molecule has 1 saturated heterocycles. The second-order valence-electron chi connectivity index (χ2n) is 3.18. The van der Waals surface area contributed by atoms with Crippen molar-refractivity contribution in [3.63, 3.8) is 0 Å². The van der Waals surface area contributed by atoms with Gasteiger partial charge < -0.3 is 4.90 Å². The van der Waals surface area contributed by atoms with Gasteiger partial charge in [-0.1, -0.05) is 0 Å². The highest BCUT2D eigenvalue weighted by molar-refractivity contribution is 6.05. The van der Waals surface area contributed by atoms with Crippen molar-refractivity contribution in [2.75, 3.05) is 6.54 Å². The minimum atomic E-state index is -0.155. The van der Waals surface area contributed by atoms with Gasteiger partial charge in [0.25, 0.3) is 0 Å². The van der Waals surface area contributed by atoms with E-state index in [1.807, 2.05) is 0 Å². The van der Waals surface area contributed by atoms with E-state index in [2.05, 4.69) is 15.5 Å². The van der Waals surface area contributed by atoms with Gasteiger partial charge in [-0.05, 0) is 10.4 Å². The van der Waals surface area contributed by atoms with Gasteiger partial charge in [0.15, 0.2) is 11.6 Å². The number of nitrogens with zero attached hydrogens (tertiary/aromatic N) is 5. The van der Waals surface area contributed by atoms with Crippen LogP contribution < -0.4 is 0 Å². The summed E-state index contributed by atoms with van der Waals surface area (Å²) in [6, 6.07) is 0. The number of likely N-dealkylation sites (tertiary alicyclic amines) is 1. The van der Waals surface area contributed by atoms with E-state index in [0.29, 0.717) is 12.4 Å². The van der Waals surface area contributed by atoms with E-state index in [4.69, 9.17) is 0 Å². The molecule has 7 nitrogen and oxygen atoms in total. The second-order valence-corrected chi connectivity index (χ2v) is 3.18. The number of aryl methyl sites for hydroxylation is 1. The van der Waals surface area contributed by atoms with Gasteiger partial charge in [-0.15, -0.1) is 5.10 Å². The molecule has 0 spiro atoms. The Hall–Kier alpha value is -1.79. The molecule has 7 heteroatoms. The molecule has 0 unspecified atom stereocenters. The van der Waals surface area contributed by atoms with E-state index in [-0.39, 0.29) is 24.7 Å². The maximum Gasteiger partial charge on any atom is 0.230 e. The average molecular weight is 195 g/mol. The summed E-state index contributed by atoms with van der Waals surface area (Å²) in [7, 11) is 1.69. The number of ketones is 1. The third-order valence-corrected chi connectivity index (χ3v) is 2.11. The van der Waals surface area contributed by atoms with Gasteiger partial charge in [-0.2, -0.15) is 0 Å². The van der Waals surface area contributed by atoms with Gasteiger partial charge in [0.2, 0.25) is 5.91 Å². The Balaban J connectivity index is 2.09. The third kappa shape index (κ3) is 1.48. The first kappa shape index (κ1) is 8.79. The standard InChI is InChI=1S/C7H9N5O2/c1-11-6(8-9-10-11)4-12-3-5(13)2-7(12)14/h2-4H2,1H3. The Labute approximate surface area is 79.7 Å². The largest absolute Gasteiger partial charge is 0.327 e. The van der Waals surface area contributed by atoms with Crippen LogP contribution in [0.2, 0.25) is 0 Å². The lowest BCUT2D eigenvalue weighted by Gasteiger charge is -2.12. The third-order valence-electron chi connectivity index (χ3n) is 2.11. The lowest BCUT2D eigenvalue weighted by atomic mass is 10.3. The molecule has 0 bridgehead atoms. The minimum Gasteiger partial charge on any atom is -0.327 e. The number of rotatable bonds is 2. The zero-order valence-corrected chi connectivity index (χ0v) is 7.67. The van der Waals surface area contributed by atoms with Crippen molar-refractivity contribution in [3.8, 4) is 0 Å². The number of hydrogen-bond donors (Lipinski definition) is 0. The zero-order chi connectivity index (χ0) is 10.1. The normalized spacial score (nSPS) is 16.8. The molecule has 74 valence electrons. The summed E-state index contributed by atoms with van der Waals surface area (Å²) in [5, 5.41) is 10.8. The van der Waals surface area contributed by atoms with Crippen molar-refractivity contribution in [1.82, 2.24) is 25.1 Å². The van der Waals surface area contributed by atoms with E-state index in [9.17, 15) is 9.59 Å². The molecule has 0 atom stereocenters. The van der Waals surface area contributed by atoms with Crippen LogP contribution in [0.4, 0.5) is 0 Å². The number of tetrazole rings is 1. The highest BCUT2D eigenvalue weighted by Crippen LogP contribution is 2.09. The molecule has 2 heterocycles. The Morgan fingerprint density at radius 1 is 1.43 bits per heavy atom. The summed E-state index contributed by atoms with van der Waals surface area (Å²) in [5.74, 6) is 0.371. The Morgan fingerprint density at radius 3 is 2.71 bits per heavy atom. The van der Waals surface area contributed by atoms with E-state index in [1.54, 1.807) is 7.05 Å². The Kier molecular flexibility index (Phi) is 1.99. The van der Waals surface area contributed by atoms with Crippen molar-refractivity contribution in [1.29, 1.82) is 0 Å². The number of carbonyl (C=O) groups excluding carboxylic acids is 2. The highest BCUT2D eigenvalue weighted by Gasteiger charge is 2.28. The van der Waals surface area contributed by atoms with E-state index in [0.717, 1.165) is 0 Å². The van der Waals surface area contributed by atoms with Crippen LogP contribution in [0, 0.1) is 0 Å². The van der Waals surface area contributed by atoms with E-state index >= 15 is 0 Å². The molecular formula is C7H9N5O2. The zero-order valence-electron chi connectivity index (χ0n) is 7.67. The fraction of sp³-hybridized carbons (Fsp3) is 0.571. The average Bonchev–Trinajstić information content (AvgIpc) is 2.62. The first-order valence-corrected chi connectivity index (χ1v) is 4.17. The maximum atomic E-state index is 11.2. The first-order valence-electron chi connectivity index (χ1n) is 4.17. The summed E-state index contributed by atoms with van der Waals surface area (Å²) in [5.41, 5.74) is 0. The monoisotopic (exact) mass is 195 g/mol. The number of carbonyl (C=O) groups is 2. The number of amides is 1. The van der Waals surface area contributed by atoms with Crippen molar-refractivity contribution < 1.29 is 9.59 Å². The molecule has 2 rings (SSSR count). The quantitative estimate of drug-likeness (QED) is 0.537. The Morgan fingerprint density at radius 2 is 2.21 bits per heavy atom. The molecule has 1 fully saturated rings. The topological polar surface area (TPSA) is 81.0 Å². The lowest BCUT2D eigenvalue weighted by molar-refractivity contribution is -0.128. The number of aromatic nitrogens is 4. The van der Waals surface area contributed by atoms with Crippen LogP contribution >= 0.6 is 0 Å². The molecule has 1 amide bonds. The SMILES string of the molecule is Cn1nnnc1CN1CC(=O)CC1=O. The number of hydrogen-bond acceptors (Lipinski definition) is 5. The van der Waals surface area contributed by atoms with Crippen molar-refractivity contribution in [2.24, 2.45) is 7.05 Å². The predicted octanol–water partition coefficient (Wildman–Crippen LogP) is -1.49. The van der Waals surface area contributed by atoms with Crippen molar-refractivity contribution in [3.05, 3.63) is 5.82 Å². The van der Waals surface area contributed by atoms with Crippen molar-refractivity contribution in [2.45, 2.75) is 13.0 Å². The van der Waals surface area contributed by atoms with Crippen LogP contribution in [0.1, 0.15) is 12.2 Å². The molecule has 0 radical (unpaired) electrons. The van der Waals surface area contributed by atoms with Crippen LogP contribution in [0.5, 0.6) is 0 Å². The highest BCUT2D eigenvalue weighted by atomic mass is 16.2. The van der Waals surface area contributed by atoms with Gasteiger partial charge >= 0.3 is 0 Å². The summed E-state index contributed by atoms with van der Waals surface area (Å²) < 4.78 is 1.48. The molecule has 1 aromatic rings. The molecule has 1 aliphatic rings. The van der Waals surface area contributed by atoms with Crippen LogP contribution in [0.3, 0.4) is 0 Å². The molecule has 0 saturated carbocycles. The van der Waals surface area contributed by atoms with Gasteiger partial charge in [-0.3, -0.25) is 9.59 Å². The fourth-order valence-electron chi connectivity index (χ4n) is 1.33. The van der Waals surface area contributed by atoms with Gasteiger partial charge in [0, 0.05) is 7.05 Å². The predicted molar refractivity (Wildman–Crippen MR) is 43.8 cm³/mol. The van der Waals surface area contributed by atoms with E-state index < -0.39 is 0 Å². The molecule has 1 aromatic heterocycles. The van der Waals surface area contributed by atoms with Crippen molar-refractivity contribution >= 4 is 11.7 Å². The molecule has 1 aliphatic heterocycles. The first-order chi connectivity index (χ1) is 6.66. The molecular weight excluding hydrogens is 186 g/mol. The molecule has 14 heavy (non-hydrogen) atoms. The maximum absolute atomic E-state index is 11.2. The summed E-state index contributed by atoms with van der Waals surface area (Å²) in [6.45, 7) is 0.472. The summed E-state index contributed by atoms with van der Waals surface area (Å²) in [4.78, 5) is 23.7. The fourth-order valence-corrected chi connectivity index (χ4v) is 1.33. The van der Waals surface area contributed by atoms with E-state index in [1.165, 1.54) is 9.58 Å².